The molecule has 34 heavy (non-hydrogen) atoms. The average molecular weight is 474 g/mol. The number of likely N-dealkylation sites (N-methyl/N-ethyl adjacent to an activating group) is 1. The van der Waals surface area contributed by atoms with Crippen molar-refractivity contribution in [1.82, 2.24) is 25.2 Å². The number of urea groups is 1. The smallest absolute Gasteiger partial charge is 0.321 e. The first-order valence-electron chi connectivity index (χ1n) is 11.4. The third-order valence-electron chi connectivity index (χ3n) is 5.91. The minimum Gasteiger partial charge on any atom is -0.368 e. The molecule has 1 saturated heterocycles. The van der Waals surface area contributed by atoms with Crippen LogP contribution in [0.3, 0.4) is 0 Å². The number of pyridine rings is 2. The number of nitrogens with one attached hydrogen (secondary N) is 2. The summed E-state index contributed by atoms with van der Waals surface area (Å²) in [5.74, 6) is 0. The summed E-state index contributed by atoms with van der Waals surface area (Å²) in [7, 11) is 2.16. The van der Waals surface area contributed by atoms with E-state index in [0.717, 1.165) is 64.5 Å². The van der Waals surface area contributed by atoms with Gasteiger partial charge in [0.25, 0.3) is 0 Å². The lowest BCUT2D eigenvalue weighted by atomic mass is 10.0. The van der Waals surface area contributed by atoms with Gasteiger partial charge < -0.3 is 15.1 Å². The third kappa shape index (κ3) is 4.71. The van der Waals surface area contributed by atoms with Crippen molar-refractivity contribution in [2.24, 2.45) is 0 Å². The van der Waals surface area contributed by atoms with Crippen LogP contribution < -0.4 is 15.5 Å². The van der Waals surface area contributed by atoms with E-state index in [4.69, 9.17) is 4.98 Å². The number of carbonyl (C=O) groups is 1. The molecule has 9 heteroatoms. The molecule has 8 nitrogen and oxygen atoms in total. The van der Waals surface area contributed by atoms with Gasteiger partial charge in [0.05, 0.1) is 27.8 Å². The zero-order chi connectivity index (χ0) is 23.5. The predicted molar refractivity (Wildman–Crippen MR) is 138 cm³/mol. The molecular formula is C25H27N7OS. The summed E-state index contributed by atoms with van der Waals surface area (Å²) in [5.41, 5.74) is 5.85. The number of aromatic nitrogens is 3. The first kappa shape index (κ1) is 22.2. The Morgan fingerprint density at radius 1 is 1.09 bits per heavy atom. The fourth-order valence-corrected chi connectivity index (χ4v) is 5.05. The molecule has 4 aromatic rings. The molecule has 5 rings (SSSR count). The van der Waals surface area contributed by atoms with Crippen molar-refractivity contribution in [3.8, 4) is 22.4 Å². The highest BCUT2D eigenvalue weighted by atomic mass is 32.1. The van der Waals surface area contributed by atoms with Crippen LogP contribution in [0.1, 0.15) is 6.92 Å². The van der Waals surface area contributed by atoms with Crippen LogP contribution in [0.4, 0.5) is 15.6 Å². The number of hydrogen-bond donors (Lipinski definition) is 2. The molecule has 0 spiro atoms. The van der Waals surface area contributed by atoms with Crippen molar-refractivity contribution in [3.05, 3.63) is 55.0 Å². The second-order valence-corrected chi connectivity index (χ2v) is 9.31. The van der Waals surface area contributed by atoms with E-state index in [0.29, 0.717) is 11.7 Å². The number of piperazine rings is 1. The highest BCUT2D eigenvalue weighted by Gasteiger charge is 2.17. The van der Waals surface area contributed by atoms with Gasteiger partial charge in [-0.3, -0.25) is 15.3 Å². The standard InChI is InChI=1S/C25H27N7OS/c1-3-27-24(33)30-25-29-22-14-17(13-20(23(22)34-25)21-6-4-5-7-28-21)18-12-19(16-26-15-18)32-10-8-31(2)9-11-32/h4-7,12-16H,3,8-11H2,1-2H3,(H2,27,29,30,33). The second kappa shape index (κ2) is 9.74. The first-order valence-corrected chi connectivity index (χ1v) is 12.2. The van der Waals surface area contributed by atoms with Gasteiger partial charge in [0, 0.05) is 56.2 Å². The molecule has 174 valence electrons. The summed E-state index contributed by atoms with van der Waals surface area (Å²) in [6.45, 7) is 6.49. The maximum Gasteiger partial charge on any atom is 0.321 e. The van der Waals surface area contributed by atoms with Crippen molar-refractivity contribution in [1.29, 1.82) is 0 Å². The van der Waals surface area contributed by atoms with Gasteiger partial charge in [-0.1, -0.05) is 17.4 Å². The summed E-state index contributed by atoms with van der Waals surface area (Å²) >= 11 is 1.45. The molecule has 0 saturated carbocycles. The number of fused-ring (bicyclic) bond motifs is 1. The highest BCUT2D eigenvalue weighted by Crippen LogP contribution is 2.38. The second-order valence-electron chi connectivity index (χ2n) is 8.31. The van der Waals surface area contributed by atoms with Gasteiger partial charge in [0.1, 0.15) is 0 Å². The Morgan fingerprint density at radius 2 is 1.94 bits per heavy atom. The van der Waals surface area contributed by atoms with E-state index in [1.54, 1.807) is 6.20 Å². The van der Waals surface area contributed by atoms with Gasteiger partial charge in [-0.05, 0) is 49.9 Å². The van der Waals surface area contributed by atoms with Crippen molar-refractivity contribution in [2.75, 3.05) is 50.0 Å². The molecular weight excluding hydrogens is 446 g/mol. The van der Waals surface area contributed by atoms with Crippen LogP contribution in [0.5, 0.6) is 0 Å². The molecule has 2 N–H and O–H groups in total. The Kier molecular flexibility index (Phi) is 6.37. The molecule has 1 aliphatic heterocycles. The largest absolute Gasteiger partial charge is 0.368 e. The van der Waals surface area contributed by atoms with Crippen LogP contribution in [0.2, 0.25) is 0 Å². The Labute approximate surface area is 202 Å². The zero-order valence-corrected chi connectivity index (χ0v) is 20.1. The molecule has 0 bridgehead atoms. The van der Waals surface area contributed by atoms with Crippen LogP contribution in [-0.2, 0) is 0 Å². The van der Waals surface area contributed by atoms with E-state index >= 15 is 0 Å². The zero-order valence-electron chi connectivity index (χ0n) is 19.3. The Morgan fingerprint density at radius 3 is 2.71 bits per heavy atom. The minimum absolute atomic E-state index is 0.259. The SMILES string of the molecule is CCNC(=O)Nc1nc2cc(-c3cncc(N4CCN(C)CC4)c3)cc(-c3ccccn3)c2s1. The highest BCUT2D eigenvalue weighted by molar-refractivity contribution is 7.22. The molecule has 1 aliphatic rings. The number of rotatable bonds is 5. The summed E-state index contributed by atoms with van der Waals surface area (Å²) in [4.78, 5) is 30.6. The van der Waals surface area contributed by atoms with Gasteiger partial charge in [-0.25, -0.2) is 9.78 Å². The van der Waals surface area contributed by atoms with Crippen LogP contribution in [0.15, 0.2) is 55.0 Å². The molecule has 0 radical (unpaired) electrons. The number of hydrogen-bond acceptors (Lipinski definition) is 7. The lowest BCUT2D eigenvalue weighted by molar-refractivity contribution is 0.252. The van der Waals surface area contributed by atoms with Gasteiger partial charge in [-0.15, -0.1) is 0 Å². The molecule has 0 aliphatic carbocycles. The lowest BCUT2D eigenvalue weighted by Crippen LogP contribution is -2.44. The number of benzene rings is 1. The summed E-state index contributed by atoms with van der Waals surface area (Å²) in [6, 6.07) is 12.0. The van der Waals surface area contributed by atoms with Crippen molar-refractivity contribution in [2.45, 2.75) is 6.92 Å². The van der Waals surface area contributed by atoms with E-state index < -0.39 is 0 Å². The Hall–Kier alpha value is -3.56. The number of anilines is 2. The normalized spacial score (nSPS) is 14.4. The first-order chi connectivity index (χ1) is 16.6. The fraction of sp³-hybridized carbons (Fsp3) is 0.280. The molecule has 3 aromatic heterocycles. The van der Waals surface area contributed by atoms with Crippen LogP contribution in [0.25, 0.3) is 32.6 Å². The van der Waals surface area contributed by atoms with E-state index in [1.165, 1.54) is 11.3 Å². The average Bonchev–Trinajstić information content (AvgIpc) is 3.27. The molecule has 0 unspecified atom stereocenters. The van der Waals surface area contributed by atoms with Crippen LogP contribution in [-0.4, -0.2) is 65.7 Å². The van der Waals surface area contributed by atoms with E-state index in [1.807, 2.05) is 37.5 Å². The number of carbonyl (C=O) groups excluding carboxylic acids is 1. The molecule has 0 atom stereocenters. The van der Waals surface area contributed by atoms with E-state index in [-0.39, 0.29) is 6.03 Å². The molecule has 2 amide bonds. The fourth-order valence-electron chi connectivity index (χ4n) is 4.09. The summed E-state index contributed by atoms with van der Waals surface area (Å²) in [6.07, 6.45) is 5.62. The number of amides is 2. The van der Waals surface area contributed by atoms with Crippen LogP contribution in [0, 0.1) is 0 Å². The van der Waals surface area contributed by atoms with Crippen molar-refractivity contribution in [3.63, 3.8) is 0 Å². The van der Waals surface area contributed by atoms with Gasteiger partial charge in [-0.2, -0.15) is 0 Å². The van der Waals surface area contributed by atoms with Gasteiger partial charge in [0.15, 0.2) is 5.13 Å². The number of nitrogens with zero attached hydrogens (tertiary/aromatic N) is 5. The Bertz CT molecular complexity index is 1300. The van der Waals surface area contributed by atoms with Gasteiger partial charge in [0.2, 0.25) is 0 Å². The molecule has 4 heterocycles. The summed E-state index contributed by atoms with van der Waals surface area (Å²) < 4.78 is 0.984. The van der Waals surface area contributed by atoms with E-state index in [2.05, 4.69) is 55.6 Å². The predicted octanol–water partition coefficient (Wildman–Crippen LogP) is 4.31. The lowest BCUT2D eigenvalue weighted by Gasteiger charge is -2.34. The minimum atomic E-state index is -0.259. The van der Waals surface area contributed by atoms with Crippen molar-refractivity contribution < 1.29 is 4.79 Å². The summed E-state index contributed by atoms with van der Waals surface area (Å²) in [5, 5.41) is 6.15. The number of thiazole rings is 1. The topological polar surface area (TPSA) is 86.3 Å². The quantitative estimate of drug-likeness (QED) is 0.449. The molecule has 1 fully saturated rings. The molecule has 1 aromatic carbocycles. The maximum atomic E-state index is 12.1. The Balaban J connectivity index is 1.56. The maximum absolute atomic E-state index is 12.1. The van der Waals surface area contributed by atoms with Crippen LogP contribution >= 0.6 is 11.3 Å². The van der Waals surface area contributed by atoms with E-state index in [9.17, 15) is 4.79 Å². The van der Waals surface area contributed by atoms with Gasteiger partial charge >= 0.3 is 6.03 Å². The van der Waals surface area contributed by atoms with Crippen molar-refractivity contribution >= 4 is 38.4 Å². The third-order valence-corrected chi connectivity index (χ3v) is 6.93. The monoisotopic (exact) mass is 473 g/mol.